The van der Waals surface area contributed by atoms with Crippen LogP contribution in [0.3, 0.4) is 0 Å². The van der Waals surface area contributed by atoms with Crippen LogP contribution in [0.5, 0.6) is 0 Å². The molecule has 0 atom stereocenters. The molecule has 0 saturated carbocycles. The lowest BCUT2D eigenvalue weighted by Gasteiger charge is -2.36. The number of ether oxygens (including phenoxy) is 1. The Morgan fingerprint density at radius 1 is 1.07 bits per heavy atom. The van der Waals surface area contributed by atoms with Crippen LogP contribution in [0.1, 0.15) is 33.6 Å². The van der Waals surface area contributed by atoms with Crippen molar-refractivity contribution in [1.82, 2.24) is 20.4 Å². The third-order valence-electron chi connectivity index (χ3n) is 5.00. The summed E-state index contributed by atoms with van der Waals surface area (Å²) in [6, 6.07) is 0. The Morgan fingerprint density at radius 3 is 2.33 bits per heavy atom. The largest absolute Gasteiger partial charge is 0.378 e. The lowest BCUT2D eigenvalue weighted by Crippen LogP contribution is -2.50. The molecular formula is C19H35N5O3. The molecule has 0 aliphatic carbocycles. The summed E-state index contributed by atoms with van der Waals surface area (Å²) >= 11 is 0. The van der Waals surface area contributed by atoms with Crippen LogP contribution in [-0.2, 0) is 14.3 Å². The molecule has 0 spiro atoms. The van der Waals surface area contributed by atoms with Gasteiger partial charge in [-0.1, -0.05) is 13.8 Å². The number of guanidine groups is 1. The van der Waals surface area contributed by atoms with Gasteiger partial charge in [0.25, 0.3) is 0 Å². The van der Waals surface area contributed by atoms with Crippen molar-refractivity contribution in [2.24, 2.45) is 16.8 Å². The van der Waals surface area contributed by atoms with Gasteiger partial charge in [-0.3, -0.25) is 14.6 Å². The van der Waals surface area contributed by atoms with E-state index >= 15 is 0 Å². The van der Waals surface area contributed by atoms with Crippen molar-refractivity contribution >= 4 is 17.8 Å². The van der Waals surface area contributed by atoms with Crippen LogP contribution in [-0.4, -0.2) is 86.6 Å². The number of hydrogen-bond donors (Lipinski definition) is 2. The summed E-state index contributed by atoms with van der Waals surface area (Å²) in [5.74, 6) is 1.29. The minimum absolute atomic E-state index is 0.00903. The summed E-state index contributed by atoms with van der Waals surface area (Å²) in [4.78, 5) is 33.1. The van der Waals surface area contributed by atoms with Gasteiger partial charge >= 0.3 is 0 Å². The van der Waals surface area contributed by atoms with Crippen molar-refractivity contribution in [1.29, 1.82) is 0 Å². The fourth-order valence-electron chi connectivity index (χ4n) is 3.35. The monoisotopic (exact) mass is 381 g/mol. The smallest absolute Gasteiger partial charge is 0.225 e. The molecule has 2 N–H and O–H groups in total. The van der Waals surface area contributed by atoms with Crippen molar-refractivity contribution in [3.05, 3.63) is 0 Å². The summed E-state index contributed by atoms with van der Waals surface area (Å²) in [5.41, 5.74) is 0. The third-order valence-corrected chi connectivity index (χ3v) is 5.00. The second kappa shape index (κ2) is 11.1. The van der Waals surface area contributed by atoms with Gasteiger partial charge in [-0.15, -0.1) is 0 Å². The fraction of sp³-hybridized carbons (Fsp3) is 0.842. The van der Waals surface area contributed by atoms with Crippen molar-refractivity contribution in [2.75, 3.05) is 59.0 Å². The van der Waals surface area contributed by atoms with Crippen LogP contribution in [0, 0.1) is 11.8 Å². The quantitative estimate of drug-likeness (QED) is 0.393. The number of hydrogen-bond acceptors (Lipinski definition) is 4. The summed E-state index contributed by atoms with van der Waals surface area (Å²) < 4.78 is 5.33. The Labute approximate surface area is 162 Å². The molecule has 0 unspecified atom stereocenters. The Morgan fingerprint density at radius 2 is 1.74 bits per heavy atom. The predicted molar refractivity (Wildman–Crippen MR) is 106 cm³/mol. The highest BCUT2D eigenvalue weighted by Crippen LogP contribution is 2.20. The highest BCUT2D eigenvalue weighted by molar-refractivity contribution is 5.82. The molecular weight excluding hydrogens is 346 g/mol. The number of morpholine rings is 1. The molecule has 0 aromatic rings. The molecule has 2 heterocycles. The second-order valence-electron chi connectivity index (χ2n) is 7.38. The molecule has 8 heteroatoms. The summed E-state index contributed by atoms with van der Waals surface area (Å²) in [7, 11) is 0. The number of nitrogens with one attached hydrogen (secondary N) is 2. The molecule has 154 valence electrons. The van der Waals surface area contributed by atoms with E-state index in [9.17, 15) is 9.59 Å². The van der Waals surface area contributed by atoms with E-state index in [4.69, 9.17) is 4.74 Å². The number of likely N-dealkylation sites (tertiary alicyclic amines) is 1. The van der Waals surface area contributed by atoms with Gasteiger partial charge in [0, 0.05) is 51.1 Å². The Kier molecular flexibility index (Phi) is 8.84. The van der Waals surface area contributed by atoms with Crippen molar-refractivity contribution in [3.63, 3.8) is 0 Å². The van der Waals surface area contributed by atoms with Gasteiger partial charge in [0.2, 0.25) is 11.8 Å². The number of amides is 2. The number of carbonyl (C=O) groups excluding carboxylic acids is 2. The minimum atomic E-state index is -0.00903. The first-order valence-corrected chi connectivity index (χ1v) is 10.2. The van der Waals surface area contributed by atoms with Gasteiger partial charge in [-0.25, -0.2) is 0 Å². The maximum atomic E-state index is 12.7. The molecule has 2 aliphatic rings. The van der Waals surface area contributed by atoms with E-state index in [0.29, 0.717) is 39.4 Å². The molecule has 8 nitrogen and oxygen atoms in total. The summed E-state index contributed by atoms with van der Waals surface area (Å²) in [5, 5.41) is 6.21. The minimum Gasteiger partial charge on any atom is -0.378 e. The molecule has 2 fully saturated rings. The van der Waals surface area contributed by atoms with Gasteiger partial charge in [-0.05, 0) is 19.8 Å². The fourth-order valence-corrected chi connectivity index (χ4v) is 3.35. The van der Waals surface area contributed by atoms with Gasteiger partial charge in [0.15, 0.2) is 5.96 Å². The molecule has 0 radical (unpaired) electrons. The zero-order valence-electron chi connectivity index (χ0n) is 17.0. The summed E-state index contributed by atoms with van der Waals surface area (Å²) in [6.45, 7) is 12.1. The zero-order valence-corrected chi connectivity index (χ0v) is 17.0. The van der Waals surface area contributed by atoms with Gasteiger partial charge < -0.3 is 25.2 Å². The van der Waals surface area contributed by atoms with Crippen LogP contribution in [0.2, 0.25) is 0 Å². The SMILES string of the molecule is CCNC(=NCCNC(=O)C(C)C)N1CCC(C(=O)N2CCOCC2)CC1. The molecule has 0 aromatic heterocycles. The number of carbonyl (C=O) groups is 2. The molecule has 2 aliphatic heterocycles. The Balaban J connectivity index is 1.80. The normalized spacial score (nSPS) is 19.3. The van der Waals surface area contributed by atoms with Crippen LogP contribution in [0.4, 0.5) is 0 Å². The second-order valence-corrected chi connectivity index (χ2v) is 7.38. The maximum absolute atomic E-state index is 12.7. The molecule has 0 bridgehead atoms. The molecule has 2 amide bonds. The van der Waals surface area contributed by atoms with E-state index < -0.39 is 0 Å². The molecule has 0 aromatic carbocycles. The molecule has 2 saturated heterocycles. The molecule has 27 heavy (non-hydrogen) atoms. The first-order chi connectivity index (χ1) is 13.0. The van der Waals surface area contributed by atoms with Crippen LogP contribution in [0.25, 0.3) is 0 Å². The average molecular weight is 382 g/mol. The van der Waals surface area contributed by atoms with E-state index in [1.807, 2.05) is 25.7 Å². The standard InChI is InChI=1S/C19H35N5O3/c1-4-20-19(22-8-7-21-17(25)15(2)3)24-9-5-16(6-10-24)18(26)23-11-13-27-14-12-23/h15-16H,4-14H2,1-3H3,(H,20,22)(H,21,25). The Bertz CT molecular complexity index is 509. The van der Waals surface area contributed by atoms with Crippen LogP contribution in [0.15, 0.2) is 4.99 Å². The highest BCUT2D eigenvalue weighted by Gasteiger charge is 2.30. The summed E-state index contributed by atoms with van der Waals surface area (Å²) in [6.07, 6.45) is 1.70. The van der Waals surface area contributed by atoms with Crippen LogP contribution < -0.4 is 10.6 Å². The average Bonchev–Trinajstić information content (AvgIpc) is 2.70. The topological polar surface area (TPSA) is 86.3 Å². The van der Waals surface area contributed by atoms with Gasteiger partial charge in [0.05, 0.1) is 19.8 Å². The zero-order chi connectivity index (χ0) is 19.6. The van der Waals surface area contributed by atoms with E-state index in [1.54, 1.807) is 0 Å². The maximum Gasteiger partial charge on any atom is 0.225 e. The third kappa shape index (κ3) is 6.68. The van der Waals surface area contributed by atoms with E-state index in [-0.39, 0.29) is 23.7 Å². The highest BCUT2D eigenvalue weighted by atomic mass is 16.5. The van der Waals surface area contributed by atoms with E-state index in [0.717, 1.165) is 38.4 Å². The van der Waals surface area contributed by atoms with E-state index in [1.165, 1.54) is 0 Å². The Hall–Kier alpha value is -1.83. The van der Waals surface area contributed by atoms with Crippen LogP contribution >= 0.6 is 0 Å². The first kappa shape index (κ1) is 21.5. The lowest BCUT2D eigenvalue weighted by atomic mass is 9.95. The van der Waals surface area contributed by atoms with E-state index in [2.05, 4.69) is 20.5 Å². The van der Waals surface area contributed by atoms with Crippen molar-refractivity contribution in [3.8, 4) is 0 Å². The van der Waals surface area contributed by atoms with Crippen molar-refractivity contribution < 1.29 is 14.3 Å². The number of piperidine rings is 1. The first-order valence-electron chi connectivity index (χ1n) is 10.2. The van der Waals surface area contributed by atoms with Crippen molar-refractivity contribution in [2.45, 2.75) is 33.6 Å². The molecule has 2 rings (SSSR count). The van der Waals surface area contributed by atoms with Gasteiger partial charge in [-0.2, -0.15) is 0 Å². The number of rotatable bonds is 6. The number of nitrogens with zero attached hydrogens (tertiary/aromatic N) is 3. The lowest BCUT2D eigenvalue weighted by molar-refractivity contribution is -0.140. The predicted octanol–water partition coefficient (Wildman–Crippen LogP) is 0.295. The van der Waals surface area contributed by atoms with Gasteiger partial charge in [0.1, 0.15) is 0 Å². The number of aliphatic imine (C=N–C) groups is 1.